The van der Waals surface area contributed by atoms with Gasteiger partial charge in [-0.15, -0.1) is 0 Å². The first-order chi connectivity index (χ1) is 6.56. The maximum absolute atomic E-state index is 13.5. The lowest BCUT2D eigenvalue weighted by atomic mass is 10.1. The van der Waals surface area contributed by atoms with Gasteiger partial charge in [0.15, 0.2) is 0 Å². The van der Waals surface area contributed by atoms with Crippen LogP contribution in [0, 0.1) is 5.82 Å². The van der Waals surface area contributed by atoms with Crippen LogP contribution in [0.1, 0.15) is 12.5 Å². The van der Waals surface area contributed by atoms with Gasteiger partial charge in [0.25, 0.3) is 0 Å². The van der Waals surface area contributed by atoms with Crippen molar-refractivity contribution < 1.29 is 14.2 Å². The molecule has 1 unspecified atom stereocenters. The Morgan fingerprint density at radius 2 is 2.21 bits per heavy atom. The summed E-state index contributed by atoms with van der Waals surface area (Å²) >= 11 is 5.70. The molecule has 14 heavy (non-hydrogen) atoms. The standard InChI is InChI=1S/C10H12ClFO2/c1-6(13)5-7-3-4-8(14-2)9(11)10(7)12/h3-4,6,13H,5H2,1-2H3. The maximum Gasteiger partial charge on any atom is 0.148 e. The molecule has 78 valence electrons. The summed E-state index contributed by atoms with van der Waals surface area (Å²) in [6.07, 6.45) is -0.343. The highest BCUT2D eigenvalue weighted by Gasteiger charge is 2.13. The van der Waals surface area contributed by atoms with E-state index in [1.807, 2.05) is 0 Å². The summed E-state index contributed by atoms with van der Waals surface area (Å²) in [5.74, 6) is -0.217. The highest BCUT2D eigenvalue weighted by molar-refractivity contribution is 6.32. The molecule has 2 nitrogen and oxygen atoms in total. The van der Waals surface area contributed by atoms with Crippen LogP contribution < -0.4 is 4.74 Å². The van der Waals surface area contributed by atoms with Crippen LogP contribution in [0.3, 0.4) is 0 Å². The third-order valence-corrected chi connectivity index (χ3v) is 2.21. The van der Waals surface area contributed by atoms with Crippen LogP contribution >= 0.6 is 11.6 Å². The van der Waals surface area contributed by atoms with E-state index in [0.717, 1.165) is 0 Å². The van der Waals surface area contributed by atoms with E-state index in [4.69, 9.17) is 21.4 Å². The summed E-state index contributed by atoms with van der Waals surface area (Å²) in [5, 5.41) is 9.07. The number of hydrogen-bond donors (Lipinski definition) is 1. The number of hydrogen-bond acceptors (Lipinski definition) is 2. The van der Waals surface area contributed by atoms with Crippen molar-refractivity contribution in [3.63, 3.8) is 0 Å². The molecule has 0 fully saturated rings. The van der Waals surface area contributed by atoms with Gasteiger partial charge in [0.05, 0.1) is 13.2 Å². The number of ether oxygens (including phenoxy) is 1. The Labute approximate surface area is 87.3 Å². The van der Waals surface area contributed by atoms with Gasteiger partial charge in [-0.05, 0) is 18.6 Å². The normalized spacial score (nSPS) is 12.6. The second kappa shape index (κ2) is 4.62. The quantitative estimate of drug-likeness (QED) is 0.844. The van der Waals surface area contributed by atoms with Crippen LogP contribution in [0.2, 0.25) is 5.02 Å². The number of methoxy groups -OCH3 is 1. The topological polar surface area (TPSA) is 29.5 Å². The van der Waals surface area contributed by atoms with Crippen molar-refractivity contribution in [2.24, 2.45) is 0 Å². The number of aliphatic hydroxyl groups excluding tert-OH is 1. The average Bonchev–Trinajstić information content (AvgIpc) is 2.13. The van der Waals surface area contributed by atoms with E-state index in [-0.39, 0.29) is 11.4 Å². The van der Waals surface area contributed by atoms with E-state index < -0.39 is 11.9 Å². The minimum Gasteiger partial charge on any atom is -0.495 e. The minimum absolute atomic E-state index is 0.0364. The van der Waals surface area contributed by atoms with Crippen molar-refractivity contribution in [1.82, 2.24) is 0 Å². The van der Waals surface area contributed by atoms with Crippen molar-refractivity contribution >= 4 is 11.6 Å². The Balaban J connectivity index is 3.04. The van der Waals surface area contributed by atoms with Gasteiger partial charge < -0.3 is 9.84 Å². The first kappa shape index (κ1) is 11.3. The molecule has 0 aromatic heterocycles. The molecule has 1 aromatic carbocycles. The molecule has 0 amide bonds. The van der Waals surface area contributed by atoms with Gasteiger partial charge in [0.2, 0.25) is 0 Å². The van der Waals surface area contributed by atoms with Crippen LogP contribution in [0.5, 0.6) is 5.75 Å². The molecule has 4 heteroatoms. The molecule has 0 aliphatic rings. The molecule has 1 atom stereocenters. The first-order valence-electron chi connectivity index (χ1n) is 4.25. The third-order valence-electron chi connectivity index (χ3n) is 1.86. The highest BCUT2D eigenvalue weighted by atomic mass is 35.5. The summed E-state index contributed by atoms with van der Waals surface area (Å²) < 4.78 is 18.3. The van der Waals surface area contributed by atoms with Crippen LogP contribution in [0.15, 0.2) is 12.1 Å². The van der Waals surface area contributed by atoms with Crippen molar-refractivity contribution in [3.8, 4) is 5.75 Å². The minimum atomic E-state index is -0.589. The zero-order valence-electron chi connectivity index (χ0n) is 8.05. The van der Waals surface area contributed by atoms with E-state index >= 15 is 0 Å². The van der Waals surface area contributed by atoms with E-state index in [9.17, 15) is 4.39 Å². The summed E-state index contributed by atoms with van der Waals surface area (Å²) in [5.41, 5.74) is 0.394. The Kier molecular flexibility index (Phi) is 3.72. The van der Waals surface area contributed by atoms with Gasteiger partial charge in [-0.1, -0.05) is 17.7 Å². The molecular formula is C10H12ClFO2. The Hall–Kier alpha value is -0.800. The molecule has 0 saturated heterocycles. The molecule has 0 aliphatic carbocycles. The maximum atomic E-state index is 13.5. The molecule has 1 N–H and O–H groups in total. The lowest BCUT2D eigenvalue weighted by Crippen LogP contribution is -2.06. The molecule has 1 aromatic rings. The predicted octanol–water partition coefficient (Wildman–Crippen LogP) is 2.41. The number of rotatable bonds is 3. The molecule has 0 saturated carbocycles. The molecule has 0 aliphatic heterocycles. The van der Waals surface area contributed by atoms with Crippen molar-refractivity contribution in [3.05, 3.63) is 28.5 Å². The van der Waals surface area contributed by atoms with Crippen molar-refractivity contribution in [2.45, 2.75) is 19.4 Å². The molecule has 0 radical (unpaired) electrons. The van der Waals surface area contributed by atoms with Crippen LogP contribution in [-0.2, 0) is 6.42 Å². The van der Waals surface area contributed by atoms with E-state index in [1.165, 1.54) is 7.11 Å². The smallest absolute Gasteiger partial charge is 0.148 e. The summed E-state index contributed by atoms with van der Waals surface area (Å²) in [7, 11) is 1.43. The fourth-order valence-electron chi connectivity index (χ4n) is 1.21. The fraction of sp³-hybridized carbons (Fsp3) is 0.400. The molecule has 0 heterocycles. The Morgan fingerprint density at radius 1 is 1.57 bits per heavy atom. The molecule has 0 bridgehead atoms. The molecular weight excluding hydrogens is 207 g/mol. The van der Waals surface area contributed by atoms with E-state index in [1.54, 1.807) is 19.1 Å². The lowest BCUT2D eigenvalue weighted by Gasteiger charge is -2.09. The van der Waals surface area contributed by atoms with Gasteiger partial charge in [-0.25, -0.2) is 4.39 Å². The summed E-state index contributed by atoms with van der Waals surface area (Å²) in [6, 6.07) is 3.15. The largest absolute Gasteiger partial charge is 0.495 e. The van der Waals surface area contributed by atoms with Gasteiger partial charge in [-0.3, -0.25) is 0 Å². The van der Waals surface area contributed by atoms with Gasteiger partial charge in [0.1, 0.15) is 16.6 Å². The fourth-order valence-corrected chi connectivity index (χ4v) is 1.47. The Bertz CT molecular complexity index is 326. The lowest BCUT2D eigenvalue weighted by molar-refractivity contribution is 0.194. The number of halogens is 2. The van der Waals surface area contributed by atoms with Gasteiger partial charge in [-0.2, -0.15) is 0 Å². The first-order valence-corrected chi connectivity index (χ1v) is 4.63. The zero-order valence-corrected chi connectivity index (χ0v) is 8.81. The predicted molar refractivity (Wildman–Crippen MR) is 53.3 cm³/mol. The van der Waals surface area contributed by atoms with Crippen LogP contribution in [0.25, 0.3) is 0 Å². The van der Waals surface area contributed by atoms with Crippen molar-refractivity contribution in [1.29, 1.82) is 0 Å². The molecule has 1 rings (SSSR count). The van der Waals surface area contributed by atoms with Gasteiger partial charge in [0, 0.05) is 6.42 Å². The van der Waals surface area contributed by atoms with E-state index in [0.29, 0.717) is 11.3 Å². The second-order valence-electron chi connectivity index (χ2n) is 3.11. The summed E-state index contributed by atoms with van der Waals surface area (Å²) in [6.45, 7) is 1.59. The summed E-state index contributed by atoms with van der Waals surface area (Å²) in [4.78, 5) is 0. The average molecular weight is 219 g/mol. The zero-order chi connectivity index (χ0) is 10.7. The van der Waals surface area contributed by atoms with Crippen molar-refractivity contribution in [2.75, 3.05) is 7.11 Å². The molecule has 0 spiro atoms. The SMILES string of the molecule is COc1ccc(CC(C)O)c(F)c1Cl. The van der Waals surface area contributed by atoms with Crippen LogP contribution in [-0.4, -0.2) is 18.3 Å². The number of benzene rings is 1. The third kappa shape index (κ3) is 2.36. The second-order valence-corrected chi connectivity index (χ2v) is 3.49. The number of aliphatic hydroxyl groups is 1. The highest BCUT2D eigenvalue weighted by Crippen LogP contribution is 2.29. The van der Waals surface area contributed by atoms with Crippen LogP contribution in [0.4, 0.5) is 4.39 Å². The van der Waals surface area contributed by atoms with Gasteiger partial charge >= 0.3 is 0 Å². The van der Waals surface area contributed by atoms with E-state index in [2.05, 4.69) is 0 Å². The monoisotopic (exact) mass is 218 g/mol. The Morgan fingerprint density at radius 3 is 2.71 bits per heavy atom.